The van der Waals surface area contributed by atoms with Crippen LogP contribution >= 0.6 is 11.3 Å². The van der Waals surface area contributed by atoms with Crippen LogP contribution in [0.5, 0.6) is 0 Å². The van der Waals surface area contributed by atoms with Gasteiger partial charge >= 0.3 is 0 Å². The van der Waals surface area contributed by atoms with Crippen LogP contribution in [-0.2, 0) is 6.54 Å². The van der Waals surface area contributed by atoms with E-state index in [1.807, 2.05) is 11.3 Å². The predicted octanol–water partition coefficient (Wildman–Crippen LogP) is 3.40. The zero-order chi connectivity index (χ0) is 13.0. The fraction of sp³-hybridized carbons (Fsp3) is 0.733. The van der Waals surface area contributed by atoms with E-state index in [0.717, 1.165) is 13.1 Å². The highest BCUT2D eigenvalue weighted by Crippen LogP contribution is 2.35. The molecule has 0 atom stereocenters. The number of nitrogens with one attached hydrogen (secondary N) is 1. The summed E-state index contributed by atoms with van der Waals surface area (Å²) >= 11 is 1.87. The molecule has 0 spiro atoms. The molecule has 3 heteroatoms. The van der Waals surface area contributed by atoms with E-state index >= 15 is 0 Å². The molecular formula is C15H25NOS. The second kappa shape index (κ2) is 6.18. The number of aryl methyl sites for hydroxylation is 2. The minimum absolute atomic E-state index is 0.150. The van der Waals surface area contributed by atoms with E-state index in [1.165, 1.54) is 47.4 Å². The first-order valence-corrected chi connectivity index (χ1v) is 7.84. The van der Waals surface area contributed by atoms with Crippen molar-refractivity contribution in [2.45, 2.75) is 52.5 Å². The number of hydrogen-bond donors (Lipinski definition) is 2. The molecule has 0 saturated heterocycles. The van der Waals surface area contributed by atoms with E-state index in [4.69, 9.17) is 0 Å². The van der Waals surface area contributed by atoms with E-state index in [2.05, 4.69) is 25.2 Å². The maximum absolute atomic E-state index is 9.66. The van der Waals surface area contributed by atoms with Crippen molar-refractivity contribution in [1.82, 2.24) is 5.32 Å². The van der Waals surface area contributed by atoms with Crippen LogP contribution in [0.1, 0.15) is 47.4 Å². The topological polar surface area (TPSA) is 32.3 Å². The molecule has 1 aliphatic carbocycles. The van der Waals surface area contributed by atoms with Crippen LogP contribution in [0.2, 0.25) is 0 Å². The van der Waals surface area contributed by atoms with E-state index in [-0.39, 0.29) is 5.41 Å². The molecule has 102 valence electrons. The van der Waals surface area contributed by atoms with E-state index in [9.17, 15) is 5.11 Å². The molecule has 0 aliphatic heterocycles. The van der Waals surface area contributed by atoms with Crippen molar-refractivity contribution in [3.05, 3.63) is 21.4 Å². The number of aliphatic hydroxyl groups is 1. The molecule has 18 heavy (non-hydrogen) atoms. The first-order chi connectivity index (χ1) is 8.65. The van der Waals surface area contributed by atoms with Gasteiger partial charge in [0.05, 0.1) is 0 Å². The van der Waals surface area contributed by atoms with Crippen molar-refractivity contribution in [3.8, 4) is 0 Å². The van der Waals surface area contributed by atoms with Crippen LogP contribution in [0.25, 0.3) is 0 Å². The Balaban J connectivity index is 1.85. The summed E-state index contributed by atoms with van der Waals surface area (Å²) in [6, 6.07) is 2.28. The van der Waals surface area contributed by atoms with Crippen molar-refractivity contribution in [2.75, 3.05) is 13.2 Å². The summed E-state index contributed by atoms with van der Waals surface area (Å²) in [5.41, 5.74) is 1.57. The van der Waals surface area contributed by atoms with Crippen LogP contribution in [-0.4, -0.2) is 18.3 Å². The molecule has 2 N–H and O–H groups in total. The zero-order valence-corrected chi connectivity index (χ0v) is 12.4. The molecule has 2 nitrogen and oxygen atoms in total. The Morgan fingerprint density at radius 1 is 1.28 bits per heavy atom. The van der Waals surface area contributed by atoms with Gasteiger partial charge in [-0.15, -0.1) is 11.3 Å². The van der Waals surface area contributed by atoms with Gasteiger partial charge in [-0.2, -0.15) is 0 Å². The largest absolute Gasteiger partial charge is 0.396 e. The first-order valence-electron chi connectivity index (χ1n) is 7.03. The Morgan fingerprint density at radius 3 is 2.56 bits per heavy atom. The summed E-state index contributed by atoms with van der Waals surface area (Å²) < 4.78 is 0. The van der Waals surface area contributed by atoms with Gasteiger partial charge in [-0.05, 0) is 38.3 Å². The maximum Gasteiger partial charge on any atom is 0.0499 e. The summed E-state index contributed by atoms with van der Waals surface area (Å²) in [5, 5.41) is 13.2. The fourth-order valence-electron chi connectivity index (χ4n) is 3.01. The van der Waals surface area contributed by atoms with E-state index in [0.29, 0.717) is 6.61 Å². The molecule has 0 aromatic carbocycles. The van der Waals surface area contributed by atoms with Crippen molar-refractivity contribution in [3.63, 3.8) is 0 Å². The van der Waals surface area contributed by atoms with Gasteiger partial charge < -0.3 is 10.4 Å². The quantitative estimate of drug-likeness (QED) is 0.857. The van der Waals surface area contributed by atoms with Gasteiger partial charge in [-0.3, -0.25) is 0 Å². The second-order valence-electron chi connectivity index (χ2n) is 5.76. The SMILES string of the molecule is Cc1cc(CNCC2(CO)CCCCC2)c(C)s1. The molecule has 1 aromatic rings. The third-order valence-electron chi connectivity index (χ3n) is 4.21. The van der Waals surface area contributed by atoms with Gasteiger partial charge in [0.15, 0.2) is 0 Å². The van der Waals surface area contributed by atoms with Gasteiger partial charge in [0.1, 0.15) is 0 Å². The van der Waals surface area contributed by atoms with Crippen LogP contribution in [0.4, 0.5) is 0 Å². The number of aliphatic hydroxyl groups excluding tert-OH is 1. The van der Waals surface area contributed by atoms with E-state index in [1.54, 1.807) is 0 Å². The van der Waals surface area contributed by atoms with Gasteiger partial charge in [0.2, 0.25) is 0 Å². The highest BCUT2D eigenvalue weighted by molar-refractivity contribution is 7.12. The lowest BCUT2D eigenvalue weighted by Gasteiger charge is -2.35. The highest BCUT2D eigenvalue weighted by atomic mass is 32.1. The molecule has 1 aliphatic rings. The standard InChI is InChI=1S/C15H25NOS/c1-12-8-14(13(2)18-12)9-16-10-15(11-17)6-4-3-5-7-15/h8,16-17H,3-7,9-11H2,1-2H3. The van der Waals surface area contributed by atoms with Crippen LogP contribution < -0.4 is 5.32 Å². The minimum Gasteiger partial charge on any atom is -0.396 e. The smallest absolute Gasteiger partial charge is 0.0499 e. The molecule has 0 amide bonds. The zero-order valence-electron chi connectivity index (χ0n) is 11.6. The summed E-state index contributed by atoms with van der Waals surface area (Å²) in [6.45, 7) is 6.59. The van der Waals surface area contributed by atoms with Crippen LogP contribution in [0.15, 0.2) is 6.07 Å². The lowest BCUT2D eigenvalue weighted by atomic mass is 9.74. The molecule has 0 bridgehead atoms. The Bertz CT molecular complexity index is 380. The summed E-state index contributed by atoms with van der Waals surface area (Å²) in [5.74, 6) is 0. The Kier molecular flexibility index (Phi) is 4.82. The van der Waals surface area contributed by atoms with Crippen molar-refractivity contribution >= 4 is 11.3 Å². The van der Waals surface area contributed by atoms with Crippen molar-refractivity contribution < 1.29 is 5.11 Å². The Hall–Kier alpha value is -0.380. The van der Waals surface area contributed by atoms with Crippen molar-refractivity contribution in [1.29, 1.82) is 0 Å². The van der Waals surface area contributed by atoms with Gasteiger partial charge in [-0.1, -0.05) is 19.3 Å². The molecule has 1 fully saturated rings. The predicted molar refractivity (Wildman–Crippen MR) is 78.1 cm³/mol. The summed E-state index contributed by atoms with van der Waals surface area (Å²) in [6.07, 6.45) is 6.25. The normalized spacial score (nSPS) is 19.1. The van der Waals surface area contributed by atoms with Gasteiger partial charge in [0, 0.05) is 34.9 Å². The average molecular weight is 267 g/mol. The second-order valence-corrected chi connectivity index (χ2v) is 7.22. The molecule has 0 radical (unpaired) electrons. The number of thiophene rings is 1. The molecule has 1 heterocycles. The Labute approximate surface area is 114 Å². The monoisotopic (exact) mass is 267 g/mol. The molecular weight excluding hydrogens is 242 g/mol. The molecule has 2 rings (SSSR count). The minimum atomic E-state index is 0.150. The molecule has 1 saturated carbocycles. The lowest BCUT2D eigenvalue weighted by Crippen LogP contribution is -2.38. The first kappa shape index (κ1) is 14.0. The van der Waals surface area contributed by atoms with E-state index < -0.39 is 0 Å². The Morgan fingerprint density at radius 2 is 2.00 bits per heavy atom. The average Bonchev–Trinajstić information content (AvgIpc) is 2.69. The lowest BCUT2D eigenvalue weighted by molar-refractivity contribution is 0.0810. The van der Waals surface area contributed by atoms with Gasteiger partial charge in [0.25, 0.3) is 0 Å². The third kappa shape index (κ3) is 3.34. The van der Waals surface area contributed by atoms with Crippen LogP contribution in [0.3, 0.4) is 0 Å². The summed E-state index contributed by atoms with van der Waals surface area (Å²) in [4.78, 5) is 2.81. The number of rotatable bonds is 5. The molecule has 1 aromatic heterocycles. The van der Waals surface area contributed by atoms with Gasteiger partial charge in [-0.25, -0.2) is 0 Å². The number of hydrogen-bond acceptors (Lipinski definition) is 3. The maximum atomic E-state index is 9.66. The highest BCUT2D eigenvalue weighted by Gasteiger charge is 2.30. The third-order valence-corrected chi connectivity index (χ3v) is 5.22. The van der Waals surface area contributed by atoms with Crippen molar-refractivity contribution in [2.24, 2.45) is 5.41 Å². The summed E-state index contributed by atoms with van der Waals surface area (Å²) in [7, 11) is 0. The fourth-order valence-corrected chi connectivity index (χ4v) is 3.96. The molecule has 0 unspecified atom stereocenters. The van der Waals surface area contributed by atoms with Crippen LogP contribution in [0, 0.1) is 19.3 Å².